The number of aryl methyl sites for hydroxylation is 1. The number of anilines is 1. The first-order chi connectivity index (χ1) is 20.9. The van der Waals surface area contributed by atoms with E-state index in [-0.39, 0.29) is 29.0 Å². The molecule has 2 aliphatic rings. The van der Waals surface area contributed by atoms with Crippen molar-refractivity contribution in [3.8, 4) is 0 Å². The van der Waals surface area contributed by atoms with E-state index in [0.29, 0.717) is 48.7 Å². The van der Waals surface area contributed by atoms with Gasteiger partial charge in [-0.1, -0.05) is 35.9 Å². The average Bonchev–Trinajstić information content (AvgIpc) is 3.49. The number of aliphatic carboxylic acids is 2. The maximum Gasteiger partial charge on any atom is 0.326 e. The van der Waals surface area contributed by atoms with Gasteiger partial charge in [-0.05, 0) is 74.2 Å². The molecule has 44 heavy (non-hydrogen) atoms. The van der Waals surface area contributed by atoms with E-state index < -0.39 is 46.0 Å². The van der Waals surface area contributed by atoms with Gasteiger partial charge in [-0.3, -0.25) is 14.9 Å². The van der Waals surface area contributed by atoms with E-state index in [2.05, 4.69) is 20.1 Å². The first-order valence-corrected chi connectivity index (χ1v) is 17.3. The van der Waals surface area contributed by atoms with Gasteiger partial charge in [0.05, 0.1) is 22.6 Å². The molecule has 0 bridgehead atoms. The Morgan fingerprint density at radius 1 is 1.16 bits per heavy atom. The van der Waals surface area contributed by atoms with Gasteiger partial charge in [-0.2, -0.15) is 0 Å². The van der Waals surface area contributed by atoms with Crippen molar-refractivity contribution in [2.75, 3.05) is 17.7 Å². The number of carboxylic acids is 2. The van der Waals surface area contributed by atoms with Crippen LogP contribution in [0.4, 0.5) is 5.69 Å². The van der Waals surface area contributed by atoms with E-state index >= 15 is 0 Å². The van der Waals surface area contributed by atoms with E-state index in [4.69, 9.17) is 23.2 Å². The molecule has 240 valence electrons. The van der Waals surface area contributed by atoms with Gasteiger partial charge in [0.1, 0.15) is 23.1 Å². The number of nitrogens with zero attached hydrogens (tertiary/aromatic N) is 1. The molecule has 1 amide bonds. The molecule has 2 aromatic rings. The summed E-state index contributed by atoms with van der Waals surface area (Å²) in [6.45, 7) is 1.93. The number of likely N-dealkylation sites (tertiary alicyclic amines) is 1. The Labute approximate surface area is 270 Å². The van der Waals surface area contributed by atoms with Crippen molar-refractivity contribution in [1.82, 2.24) is 19.7 Å². The smallest absolute Gasteiger partial charge is 0.326 e. The number of carbonyl (C=O) groups excluding carboxylic acids is 1. The molecule has 4 atom stereocenters. The Kier molecular flexibility index (Phi) is 11.8. The van der Waals surface area contributed by atoms with E-state index in [9.17, 15) is 33.0 Å². The lowest BCUT2D eigenvalue weighted by Crippen LogP contribution is -2.53. The molecule has 2 aromatic carbocycles. The van der Waals surface area contributed by atoms with Crippen molar-refractivity contribution in [3.63, 3.8) is 0 Å². The molecule has 12 nitrogen and oxygen atoms in total. The third-order valence-electron chi connectivity index (χ3n) is 7.51. The summed E-state index contributed by atoms with van der Waals surface area (Å²) in [6.07, 6.45) is 2.16. The predicted octanol–water partition coefficient (Wildman–Crippen LogP) is 3.24. The molecule has 16 heteroatoms. The van der Waals surface area contributed by atoms with E-state index in [1.165, 1.54) is 22.9 Å². The quantitative estimate of drug-likeness (QED) is 0.127. The average molecular weight is 689 g/mol. The minimum Gasteiger partial charge on any atom is -0.480 e. The molecule has 2 heterocycles. The van der Waals surface area contributed by atoms with Gasteiger partial charge in [0.25, 0.3) is 0 Å². The number of alkyl halides is 1. The van der Waals surface area contributed by atoms with Crippen LogP contribution in [0.15, 0.2) is 46.2 Å². The summed E-state index contributed by atoms with van der Waals surface area (Å²) < 4.78 is 31.7. The molecule has 2 aliphatic heterocycles. The van der Waals surface area contributed by atoms with Gasteiger partial charge in [0.15, 0.2) is 0 Å². The van der Waals surface area contributed by atoms with Crippen LogP contribution in [-0.4, -0.2) is 78.1 Å². The summed E-state index contributed by atoms with van der Waals surface area (Å²) in [7, 11) is -3.91. The Bertz CT molecular complexity index is 1480. The minimum absolute atomic E-state index is 0.0327. The summed E-state index contributed by atoms with van der Waals surface area (Å²) in [5, 5.41) is 25.1. The van der Waals surface area contributed by atoms with Crippen LogP contribution in [0.5, 0.6) is 0 Å². The van der Waals surface area contributed by atoms with E-state index in [1.54, 1.807) is 25.1 Å². The molecule has 1 saturated heterocycles. The van der Waals surface area contributed by atoms with E-state index in [0.717, 1.165) is 11.1 Å². The first kappa shape index (κ1) is 34.3. The third-order valence-corrected chi connectivity index (χ3v) is 10.6. The van der Waals surface area contributed by atoms with Crippen LogP contribution >= 0.6 is 35.1 Å². The molecule has 2 unspecified atom stereocenters. The fourth-order valence-corrected chi connectivity index (χ4v) is 7.84. The third kappa shape index (κ3) is 8.56. The highest BCUT2D eigenvalue weighted by atomic mass is 35.5. The summed E-state index contributed by atoms with van der Waals surface area (Å²) in [5.74, 6) is -2.25. The number of nitrogens with one attached hydrogen (secondary N) is 4. The zero-order valence-electron chi connectivity index (χ0n) is 23.9. The van der Waals surface area contributed by atoms with Crippen LogP contribution < -0.4 is 20.1 Å². The van der Waals surface area contributed by atoms with Crippen molar-refractivity contribution in [1.29, 1.82) is 0 Å². The monoisotopic (exact) mass is 687 g/mol. The van der Waals surface area contributed by atoms with Crippen LogP contribution in [0, 0.1) is 0 Å². The summed E-state index contributed by atoms with van der Waals surface area (Å²) in [4.78, 5) is 38.0. The number of rotatable bonds is 14. The molecule has 4 rings (SSSR count). The maximum atomic E-state index is 13.0. The second kappa shape index (κ2) is 15.1. The Hall–Kier alpha value is -2.59. The lowest BCUT2D eigenvalue weighted by atomic mass is 10.0. The summed E-state index contributed by atoms with van der Waals surface area (Å²) in [5.41, 5.74) is 2.37. The molecule has 0 spiro atoms. The van der Waals surface area contributed by atoms with Crippen LogP contribution in [0.2, 0.25) is 5.02 Å². The van der Waals surface area contributed by atoms with Crippen molar-refractivity contribution in [3.05, 3.63) is 52.5 Å². The lowest BCUT2D eigenvalue weighted by Gasteiger charge is -2.27. The second-order valence-corrected chi connectivity index (χ2v) is 14.0. The van der Waals surface area contributed by atoms with Gasteiger partial charge in [0.2, 0.25) is 15.9 Å². The highest BCUT2D eigenvalue weighted by molar-refractivity contribution is 7.97. The SMILES string of the molecule is C[C@H](NC(CCCc1ccc(CNS(=O)(=O)c2cc3c(cc2Cl)NC(CCl)NS3)cc1)C(=O)O)C(=O)N1CCC[C@H]1C(=O)O. The molecule has 0 aliphatic carbocycles. The van der Waals surface area contributed by atoms with Gasteiger partial charge in [-0.15, -0.1) is 11.6 Å². The predicted molar refractivity (Wildman–Crippen MR) is 168 cm³/mol. The number of carboxylic acid groups (broad SMARTS) is 2. The Balaban J connectivity index is 1.27. The standard InChI is InChI=1S/C28H35Cl2N5O7S2/c1-16(26(36)35-11-3-6-22(35)28(39)40)32-20(27(37)38)5-2-4-17-7-9-18(10-8-17)15-31-44(41,42)24-13-23-21(12-19(24)30)33-25(14-29)34-43-23/h7-10,12-13,16,20,22,25,31-34H,2-6,11,14-15H2,1H3,(H,37,38)(H,39,40)/t16-,20?,22-,25?/m0/s1. The summed E-state index contributed by atoms with van der Waals surface area (Å²) in [6, 6.07) is 7.68. The minimum atomic E-state index is -3.91. The van der Waals surface area contributed by atoms with Crippen LogP contribution in [0.3, 0.4) is 0 Å². The summed E-state index contributed by atoms with van der Waals surface area (Å²) >= 11 is 13.5. The topological polar surface area (TPSA) is 177 Å². The Morgan fingerprint density at radius 2 is 1.86 bits per heavy atom. The lowest BCUT2D eigenvalue weighted by molar-refractivity contribution is -0.149. The molecule has 6 N–H and O–H groups in total. The largest absolute Gasteiger partial charge is 0.480 e. The second-order valence-electron chi connectivity index (χ2n) is 10.7. The number of amides is 1. The van der Waals surface area contributed by atoms with Crippen molar-refractivity contribution in [2.24, 2.45) is 0 Å². The van der Waals surface area contributed by atoms with Crippen LogP contribution in [-0.2, 0) is 37.4 Å². The molecule has 0 saturated carbocycles. The van der Waals surface area contributed by atoms with Gasteiger partial charge < -0.3 is 20.4 Å². The maximum absolute atomic E-state index is 13.0. The number of carbonyl (C=O) groups is 3. The number of fused-ring (bicyclic) bond motifs is 1. The molecule has 0 aromatic heterocycles. The normalized spacial score (nSPS) is 19.6. The molecular formula is C28H35Cl2N5O7S2. The molecule has 1 fully saturated rings. The number of benzene rings is 2. The van der Waals surface area contributed by atoms with Crippen LogP contribution in [0.1, 0.15) is 43.7 Å². The van der Waals surface area contributed by atoms with Crippen LogP contribution in [0.25, 0.3) is 0 Å². The Morgan fingerprint density at radius 3 is 2.52 bits per heavy atom. The molecular weight excluding hydrogens is 653 g/mol. The highest BCUT2D eigenvalue weighted by Crippen LogP contribution is 2.36. The molecule has 0 radical (unpaired) electrons. The fraction of sp³-hybridized carbons (Fsp3) is 0.464. The number of sulfonamides is 1. The highest BCUT2D eigenvalue weighted by Gasteiger charge is 2.36. The number of hydrogen-bond acceptors (Lipinski definition) is 9. The fourth-order valence-electron chi connectivity index (χ4n) is 5.14. The zero-order valence-corrected chi connectivity index (χ0v) is 27.0. The van der Waals surface area contributed by atoms with Crippen molar-refractivity contribution in [2.45, 2.75) is 79.7 Å². The van der Waals surface area contributed by atoms with Gasteiger partial charge >= 0.3 is 11.9 Å². The number of halogens is 2. The zero-order chi connectivity index (χ0) is 32.0. The van der Waals surface area contributed by atoms with Gasteiger partial charge in [0, 0.05) is 18.0 Å². The number of hydrogen-bond donors (Lipinski definition) is 6. The van der Waals surface area contributed by atoms with Gasteiger partial charge in [-0.25, -0.2) is 22.7 Å². The van der Waals surface area contributed by atoms with Crippen molar-refractivity contribution >= 4 is 68.7 Å². The van der Waals surface area contributed by atoms with E-state index in [1.807, 2.05) is 12.1 Å². The first-order valence-electron chi connectivity index (χ1n) is 14.1. The van der Waals surface area contributed by atoms with Crippen molar-refractivity contribution < 1.29 is 33.0 Å².